The van der Waals surface area contributed by atoms with Gasteiger partial charge >= 0.3 is 11.9 Å². The molecule has 10 heteroatoms. The second-order valence-electron chi connectivity index (χ2n) is 14.7. The minimum Gasteiger partial charge on any atom is -0.469 e. The van der Waals surface area contributed by atoms with Crippen molar-refractivity contribution in [3.8, 4) is 0 Å². The van der Waals surface area contributed by atoms with E-state index in [1.54, 1.807) is 0 Å². The van der Waals surface area contributed by atoms with Gasteiger partial charge in [-0.3, -0.25) is 9.59 Å². The van der Waals surface area contributed by atoms with E-state index in [2.05, 4.69) is 104 Å². The SMILES string of the molecule is COC(=O)CCN1CCc2ccc3c(c2)CNc2cc(ccc2CN3)CCN(CCC(=O)OC)CCc2ccc3c(c2)NCc2cc(ccc2NC3)CC1. The monoisotopic (exact) mass is 730 g/mol. The van der Waals surface area contributed by atoms with E-state index in [4.69, 9.17) is 9.47 Å². The molecule has 7 rings (SSSR count). The molecule has 0 fully saturated rings. The van der Waals surface area contributed by atoms with Crippen LogP contribution in [0.4, 0.5) is 22.7 Å². The number of fused-ring (bicyclic) bond motifs is 6. The maximum Gasteiger partial charge on any atom is 0.306 e. The molecule has 0 radical (unpaired) electrons. The molecule has 3 heterocycles. The maximum absolute atomic E-state index is 12.2. The molecule has 0 saturated heterocycles. The third-order valence-electron chi connectivity index (χ3n) is 11.2. The van der Waals surface area contributed by atoms with Crippen molar-refractivity contribution >= 4 is 34.7 Å². The van der Waals surface area contributed by atoms with Crippen LogP contribution < -0.4 is 21.3 Å². The number of nitrogens with zero attached hydrogens (tertiary/aromatic N) is 2. The van der Waals surface area contributed by atoms with E-state index in [9.17, 15) is 9.59 Å². The molecule has 3 aliphatic heterocycles. The average Bonchev–Trinajstić information content (AvgIpc) is 3.18. The molecule has 0 amide bonds. The highest BCUT2D eigenvalue weighted by Crippen LogP contribution is 2.29. The lowest BCUT2D eigenvalue weighted by atomic mass is 10.0. The molecule has 4 aromatic rings. The van der Waals surface area contributed by atoms with Crippen molar-refractivity contribution in [3.05, 3.63) is 117 Å². The van der Waals surface area contributed by atoms with Crippen LogP contribution >= 0.6 is 0 Å². The first-order valence-corrected chi connectivity index (χ1v) is 19.4. The molecule has 8 bridgehead atoms. The van der Waals surface area contributed by atoms with Gasteiger partial charge in [0.05, 0.1) is 27.1 Å². The first-order chi connectivity index (χ1) is 26.4. The third-order valence-corrected chi connectivity index (χ3v) is 11.2. The molecule has 0 saturated carbocycles. The molecule has 0 aromatic heterocycles. The van der Waals surface area contributed by atoms with Crippen LogP contribution in [0.1, 0.15) is 57.3 Å². The van der Waals surface area contributed by atoms with Gasteiger partial charge in [0.15, 0.2) is 0 Å². The molecule has 4 N–H and O–H groups in total. The number of hydrogen-bond acceptors (Lipinski definition) is 10. The zero-order valence-corrected chi connectivity index (χ0v) is 31.8. The number of esters is 2. The van der Waals surface area contributed by atoms with Gasteiger partial charge in [-0.1, -0.05) is 48.5 Å². The van der Waals surface area contributed by atoms with E-state index in [-0.39, 0.29) is 11.9 Å². The van der Waals surface area contributed by atoms with Gasteiger partial charge in [-0.2, -0.15) is 0 Å². The zero-order chi connectivity index (χ0) is 37.3. The Kier molecular flexibility index (Phi) is 12.3. The van der Waals surface area contributed by atoms with Gasteiger partial charge in [0, 0.05) is 88.2 Å². The van der Waals surface area contributed by atoms with E-state index in [0.717, 1.165) is 101 Å². The van der Waals surface area contributed by atoms with Gasteiger partial charge < -0.3 is 40.5 Å². The Hall–Kier alpha value is -5.06. The van der Waals surface area contributed by atoms with Gasteiger partial charge in [-0.15, -0.1) is 0 Å². The summed E-state index contributed by atoms with van der Waals surface area (Å²) in [4.78, 5) is 29.1. The van der Waals surface area contributed by atoms with Crippen molar-refractivity contribution in [3.63, 3.8) is 0 Å². The summed E-state index contributed by atoms with van der Waals surface area (Å²) < 4.78 is 10.00. The second-order valence-corrected chi connectivity index (χ2v) is 14.7. The number of benzene rings is 4. The number of hydrogen-bond donors (Lipinski definition) is 4. The number of methoxy groups -OCH3 is 2. The van der Waals surface area contributed by atoms with Gasteiger partial charge in [-0.25, -0.2) is 0 Å². The van der Waals surface area contributed by atoms with Gasteiger partial charge in [0.2, 0.25) is 0 Å². The number of rotatable bonds is 6. The first kappa shape index (κ1) is 37.3. The summed E-state index contributed by atoms with van der Waals surface area (Å²) in [5, 5.41) is 14.9. The van der Waals surface area contributed by atoms with Crippen LogP contribution in [0.5, 0.6) is 0 Å². The van der Waals surface area contributed by atoms with Crippen molar-refractivity contribution in [1.82, 2.24) is 9.80 Å². The fourth-order valence-corrected chi connectivity index (χ4v) is 7.72. The van der Waals surface area contributed by atoms with E-state index in [1.807, 2.05) is 0 Å². The Bertz CT molecular complexity index is 1690. The maximum atomic E-state index is 12.2. The largest absolute Gasteiger partial charge is 0.469 e. The van der Waals surface area contributed by atoms with Crippen LogP contribution in [0.3, 0.4) is 0 Å². The van der Waals surface area contributed by atoms with Crippen LogP contribution in [-0.4, -0.2) is 75.2 Å². The lowest BCUT2D eigenvalue weighted by Crippen LogP contribution is -2.31. The molecule has 3 aliphatic rings. The van der Waals surface area contributed by atoms with Gasteiger partial charge in [0.25, 0.3) is 0 Å². The first-order valence-electron chi connectivity index (χ1n) is 19.4. The quantitative estimate of drug-likeness (QED) is 0.167. The number of anilines is 4. The number of nitrogens with one attached hydrogen (secondary N) is 4. The summed E-state index contributed by atoms with van der Waals surface area (Å²) in [6, 6.07) is 27.1. The summed E-state index contributed by atoms with van der Waals surface area (Å²) in [6.07, 6.45) is 4.30. The summed E-state index contributed by atoms with van der Waals surface area (Å²) in [7, 11) is 2.92. The average molecular weight is 731 g/mol. The molecule has 0 aliphatic carbocycles. The van der Waals surface area contributed by atoms with Crippen molar-refractivity contribution in [2.75, 3.05) is 74.8 Å². The number of carbonyl (C=O) groups excluding carboxylic acids is 2. The molecular formula is C44H54N6O4. The van der Waals surface area contributed by atoms with Crippen LogP contribution in [0.25, 0.3) is 0 Å². The fraction of sp³-hybridized carbons (Fsp3) is 0.409. The Morgan fingerprint density at radius 1 is 0.481 bits per heavy atom. The van der Waals surface area contributed by atoms with Crippen LogP contribution in [0, 0.1) is 0 Å². The Labute approximate surface area is 319 Å². The minimum atomic E-state index is -0.177. The third kappa shape index (κ3) is 9.72. The number of ether oxygens (including phenoxy) is 2. The molecule has 4 aromatic carbocycles. The smallest absolute Gasteiger partial charge is 0.306 e. The van der Waals surface area contributed by atoms with Crippen molar-refractivity contribution in [2.24, 2.45) is 0 Å². The molecule has 284 valence electrons. The lowest BCUT2D eigenvalue weighted by Gasteiger charge is -2.25. The molecule has 0 atom stereocenters. The van der Waals surface area contributed by atoms with E-state index >= 15 is 0 Å². The Morgan fingerprint density at radius 3 is 1.24 bits per heavy atom. The predicted molar refractivity (Wildman–Crippen MR) is 216 cm³/mol. The highest BCUT2D eigenvalue weighted by Gasteiger charge is 2.17. The molecular weight excluding hydrogens is 677 g/mol. The van der Waals surface area contributed by atoms with Crippen molar-refractivity contribution in [2.45, 2.75) is 64.7 Å². The van der Waals surface area contributed by atoms with Crippen molar-refractivity contribution < 1.29 is 19.1 Å². The highest BCUT2D eigenvalue weighted by atomic mass is 16.5. The molecule has 54 heavy (non-hydrogen) atoms. The summed E-state index contributed by atoms with van der Waals surface area (Å²) in [5.41, 5.74) is 14.7. The summed E-state index contributed by atoms with van der Waals surface area (Å²) >= 11 is 0. The molecule has 0 unspecified atom stereocenters. The summed E-state index contributed by atoms with van der Waals surface area (Å²) in [6.45, 7) is 7.68. The van der Waals surface area contributed by atoms with Crippen LogP contribution in [0.2, 0.25) is 0 Å². The van der Waals surface area contributed by atoms with Crippen LogP contribution in [-0.2, 0) is 70.9 Å². The van der Waals surface area contributed by atoms with E-state index in [1.165, 1.54) is 58.7 Å². The topological polar surface area (TPSA) is 107 Å². The van der Waals surface area contributed by atoms with Gasteiger partial charge in [-0.05, 0) is 94.5 Å². The Morgan fingerprint density at radius 2 is 0.833 bits per heavy atom. The fourth-order valence-electron chi connectivity index (χ4n) is 7.72. The lowest BCUT2D eigenvalue weighted by molar-refractivity contribution is -0.141. The molecule has 0 spiro atoms. The van der Waals surface area contributed by atoms with E-state index < -0.39 is 0 Å². The van der Waals surface area contributed by atoms with Gasteiger partial charge in [0.1, 0.15) is 0 Å². The highest BCUT2D eigenvalue weighted by molar-refractivity contribution is 5.69. The zero-order valence-electron chi connectivity index (χ0n) is 31.8. The standard InChI is InChI=1S/C44H54N6O4/c1-53-43(51)15-21-49-17-11-31-5-9-39-37(23-31)29-47-41-25-33(3-7-35(41)27-45-39)13-19-50(22-16-44(52)54-2)20-14-34-4-8-36-28-46-40-10-6-32(12-18-49)24-38(40)30-48-42(36)26-34/h3-10,23-26,45-48H,11-22,27-30H2,1-2H3. The summed E-state index contributed by atoms with van der Waals surface area (Å²) in [5.74, 6) is -0.352. The minimum absolute atomic E-state index is 0.176. The van der Waals surface area contributed by atoms with Crippen LogP contribution in [0.15, 0.2) is 72.8 Å². The second kappa shape index (κ2) is 17.8. The molecule has 10 nitrogen and oxygen atoms in total. The van der Waals surface area contributed by atoms with Crippen molar-refractivity contribution in [1.29, 1.82) is 0 Å². The predicted octanol–water partition coefficient (Wildman–Crippen LogP) is 6.38. The Balaban J connectivity index is 1.16. The van der Waals surface area contributed by atoms with E-state index in [0.29, 0.717) is 25.9 Å². The normalized spacial score (nSPS) is 16.3. The number of carbonyl (C=O) groups is 2.